The molecule has 0 bridgehead atoms. The second-order valence-corrected chi connectivity index (χ2v) is 7.44. The molecule has 1 amide bonds. The van der Waals surface area contributed by atoms with E-state index in [-0.39, 0.29) is 11.3 Å². The molecule has 2 aromatic heterocycles. The van der Waals surface area contributed by atoms with Gasteiger partial charge < -0.3 is 19.1 Å². The summed E-state index contributed by atoms with van der Waals surface area (Å²) >= 11 is 0. The molecule has 1 aromatic carbocycles. The lowest BCUT2D eigenvalue weighted by molar-refractivity contribution is -0.116. The lowest BCUT2D eigenvalue weighted by Crippen LogP contribution is -2.12. The number of aryl methyl sites for hydroxylation is 1. The molecule has 0 aliphatic heterocycles. The van der Waals surface area contributed by atoms with Crippen LogP contribution in [-0.4, -0.2) is 28.3 Å². The molecule has 2 heterocycles. The van der Waals surface area contributed by atoms with Crippen molar-refractivity contribution in [3.63, 3.8) is 0 Å². The minimum Gasteiger partial charge on any atom is -0.496 e. The highest BCUT2D eigenvalue weighted by atomic mass is 16.5. The molecule has 0 fully saturated rings. The highest BCUT2D eigenvalue weighted by Gasteiger charge is 2.20. The van der Waals surface area contributed by atoms with Gasteiger partial charge in [-0.25, -0.2) is 0 Å². The van der Waals surface area contributed by atoms with Gasteiger partial charge in [0, 0.05) is 24.3 Å². The Kier molecular flexibility index (Phi) is 5.77. The van der Waals surface area contributed by atoms with Gasteiger partial charge in [-0.05, 0) is 18.6 Å². The van der Waals surface area contributed by atoms with Gasteiger partial charge in [0.25, 0.3) is 0 Å². The van der Waals surface area contributed by atoms with Crippen molar-refractivity contribution in [1.82, 2.24) is 15.3 Å². The topological polar surface area (TPSA) is 103 Å². The summed E-state index contributed by atoms with van der Waals surface area (Å²) < 4.78 is 15.9. The number of nitrogens with one attached hydrogen (secondary N) is 1. The molecule has 28 heavy (non-hydrogen) atoms. The van der Waals surface area contributed by atoms with E-state index < -0.39 is 0 Å². The highest BCUT2D eigenvalue weighted by Crippen LogP contribution is 2.27. The van der Waals surface area contributed by atoms with E-state index in [9.17, 15) is 4.79 Å². The molecule has 8 nitrogen and oxygen atoms in total. The zero-order valence-electron chi connectivity index (χ0n) is 16.5. The van der Waals surface area contributed by atoms with Crippen molar-refractivity contribution >= 4 is 11.7 Å². The summed E-state index contributed by atoms with van der Waals surface area (Å²) in [6.45, 7) is 6.05. The predicted octanol–water partition coefficient (Wildman–Crippen LogP) is 3.99. The summed E-state index contributed by atoms with van der Waals surface area (Å²) in [7, 11) is 1.59. The molecule has 3 aromatic rings. The van der Waals surface area contributed by atoms with Crippen LogP contribution in [0.4, 0.5) is 5.82 Å². The first-order valence-corrected chi connectivity index (χ1v) is 9.10. The van der Waals surface area contributed by atoms with Crippen LogP contribution in [-0.2, 0) is 16.6 Å². The monoisotopic (exact) mass is 384 g/mol. The van der Waals surface area contributed by atoms with Gasteiger partial charge in [0.15, 0.2) is 5.82 Å². The molecule has 0 aliphatic rings. The van der Waals surface area contributed by atoms with Crippen molar-refractivity contribution in [3.05, 3.63) is 42.0 Å². The van der Waals surface area contributed by atoms with E-state index in [0.29, 0.717) is 42.5 Å². The van der Waals surface area contributed by atoms with Crippen LogP contribution < -0.4 is 10.1 Å². The van der Waals surface area contributed by atoms with Crippen molar-refractivity contribution in [2.24, 2.45) is 0 Å². The van der Waals surface area contributed by atoms with Crippen LogP contribution in [0.1, 0.15) is 45.3 Å². The normalized spacial score (nSPS) is 11.4. The van der Waals surface area contributed by atoms with E-state index in [1.807, 2.05) is 45.0 Å². The predicted molar refractivity (Wildman–Crippen MR) is 103 cm³/mol. The van der Waals surface area contributed by atoms with E-state index in [2.05, 4.69) is 20.6 Å². The number of anilines is 1. The number of amides is 1. The minimum absolute atomic E-state index is 0.141. The molecule has 148 valence electrons. The third-order valence-electron chi connectivity index (χ3n) is 4.13. The van der Waals surface area contributed by atoms with E-state index in [1.54, 1.807) is 13.2 Å². The molecule has 0 unspecified atom stereocenters. The van der Waals surface area contributed by atoms with E-state index in [4.69, 9.17) is 13.8 Å². The van der Waals surface area contributed by atoms with Crippen molar-refractivity contribution in [2.45, 2.75) is 45.4 Å². The fourth-order valence-electron chi connectivity index (χ4n) is 2.59. The van der Waals surface area contributed by atoms with Gasteiger partial charge in [-0.3, -0.25) is 4.79 Å². The van der Waals surface area contributed by atoms with E-state index >= 15 is 0 Å². The number of carbonyl (C=O) groups excluding carboxylic acids is 1. The van der Waals surface area contributed by atoms with E-state index in [1.165, 1.54) is 0 Å². The average molecular weight is 384 g/mol. The number of hydrogen-bond acceptors (Lipinski definition) is 7. The lowest BCUT2D eigenvalue weighted by Gasteiger charge is -2.11. The first-order chi connectivity index (χ1) is 13.4. The smallest absolute Gasteiger partial charge is 0.226 e. The zero-order chi connectivity index (χ0) is 20.1. The number of benzene rings is 1. The van der Waals surface area contributed by atoms with Crippen LogP contribution in [0.15, 0.2) is 39.4 Å². The molecule has 0 atom stereocenters. The quantitative estimate of drug-likeness (QED) is 0.657. The Hall–Kier alpha value is -3.16. The molecule has 0 spiro atoms. The van der Waals surface area contributed by atoms with E-state index in [0.717, 1.165) is 11.3 Å². The van der Waals surface area contributed by atoms with Crippen LogP contribution >= 0.6 is 0 Å². The summed E-state index contributed by atoms with van der Waals surface area (Å²) in [5.41, 5.74) is 0.603. The first kappa shape index (κ1) is 19.6. The fourth-order valence-corrected chi connectivity index (χ4v) is 2.59. The van der Waals surface area contributed by atoms with Crippen molar-refractivity contribution in [3.8, 4) is 17.1 Å². The molecule has 0 radical (unpaired) electrons. The molecule has 3 rings (SSSR count). The van der Waals surface area contributed by atoms with Crippen LogP contribution in [0, 0.1) is 0 Å². The molecular weight excluding hydrogens is 360 g/mol. The third-order valence-corrected chi connectivity index (χ3v) is 4.13. The Morgan fingerprint density at radius 3 is 2.68 bits per heavy atom. The zero-order valence-corrected chi connectivity index (χ0v) is 16.5. The first-order valence-electron chi connectivity index (χ1n) is 9.10. The summed E-state index contributed by atoms with van der Waals surface area (Å²) in [5, 5.41) is 10.6. The number of hydrogen-bond donors (Lipinski definition) is 1. The Morgan fingerprint density at radius 2 is 1.96 bits per heavy atom. The molecule has 1 N–H and O–H groups in total. The summed E-state index contributed by atoms with van der Waals surface area (Å²) in [6.07, 6.45) is 1.38. The van der Waals surface area contributed by atoms with Gasteiger partial charge >= 0.3 is 0 Å². The summed E-state index contributed by atoms with van der Waals surface area (Å²) in [5.74, 6) is 2.62. The SMILES string of the molecule is COc1ccccc1-c1noc(CCCC(=O)Nc2cc(C(C)(C)C)on2)n1. The second-order valence-electron chi connectivity index (χ2n) is 7.44. The van der Waals surface area contributed by atoms with Gasteiger partial charge in [-0.2, -0.15) is 4.98 Å². The highest BCUT2D eigenvalue weighted by molar-refractivity contribution is 5.89. The molecule has 0 aliphatic carbocycles. The Balaban J connectivity index is 1.51. The number of carbonyl (C=O) groups is 1. The maximum atomic E-state index is 12.1. The lowest BCUT2D eigenvalue weighted by atomic mass is 9.93. The Morgan fingerprint density at radius 1 is 1.18 bits per heavy atom. The summed E-state index contributed by atoms with van der Waals surface area (Å²) in [6, 6.07) is 9.21. The third kappa shape index (κ3) is 4.76. The van der Waals surface area contributed by atoms with Gasteiger partial charge in [0.1, 0.15) is 11.5 Å². The number of nitrogens with zero attached hydrogens (tertiary/aromatic N) is 3. The number of methoxy groups -OCH3 is 1. The maximum Gasteiger partial charge on any atom is 0.226 e. The van der Waals surface area contributed by atoms with Gasteiger partial charge in [0.05, 0.1) is 12.7 Å². The maximum absolute atomic E-state index is 12.1. The molecular formula is C20H24N4O4. The van der Waals surface area contributed by atoms with Gasteiger partial charge in [-0.1, -0.05) is 43.2 Å². The van der Waals surface area contributed by atoms with Crippen LogP contribution in [0.2, 0.25) is 0 Å². The fraction of sp³-hybridized carbons (Fsp3) is 0.400. The Labute approximate surface area is 163 Å². The van der Waals surface area contributed by atoms with Crippen LogP contribution in [0.3, 0.4) is 0 Å². The van der Waals surface area contributed by atoms with Crippen molar-refractivity contribution in [2.75, 3.05) is 12.4 Å². The van der Waals surface area contributed by atoms with Crippen LogP contribution in [0.5, 0.6) is 5.75 Å². The van der Waals surface area contributed by atoms with Crippen molar-refractivity contribution in [1.29, 1.82) is 0 Å². The molecule has 8 heteroatoms. The van der Waals surface area contributed by atoms with Crippen molar-refractivity contribution < 1.29 is 18.6 Å². The van der Waals surface area contributed by atoms with Gasteiger partial charge in [0.2, 0.25) is 17.6 Å². The number of para-hydroxylation sites is 1. The molecule has 0 saturated heterocycles. The largest absolute Gasteiger partial charge is 0.496 e. The molecule has 0 saturated carbocycles. The van der Waals surface area contributed by atoms with Crippen LogP contribution in [0.25, 0.3) is 11.4 Å². The average Bonchev–Trinajstić information content (AvgIpc) is 3.31. The minimum atomic E-state index is -0.160. The number of ether oxygens (including phenoxy) is 1. The number of rotatable bonds is 7. The Bertz CT molecular complexity index is 940. The second kappa shape index (κ2) is 8.24. The number of aromatic nitrogens is 3. The van der Waals surface area contributed by atoms with Gasteiger partial charge in [-0.15, -0.1) is 0 Å². The standard InChI is InChI=1S/C20H24N4O4/c1-20(2,3)15-12-16(23-27-15)21-17(25)10-7-11-18-22-19(24-28-18)13-8-5-6-9-14(13)26-4/h5-6,8-9,12H,7,10-11H2,1-4H3,(H,21,23,25). The summed E-state index contributed by atoms with van der Waals surface area (Å²) in [4.78, 5) is 16.5.